The number of nitrogens with zero attached hydrogens (tertiary/aromatic N) is 3. The van der Waals surface area contributed by atoms with Crippen molar-refractivity contribution in [2.45, 2.75) is 32.5 Å². The lowest BCUT2D eigenvalue weighted by molar-refractivity contribution is -0.139. The van der Waals surface area contributed by atoms with Gasteiger partial charge in [0.05, 0.1) is 25.5 Å². The molecule has 1 amide bonds. The number of rotatable bonds is 10. The summed E-state index contributed by atoms with van der Waals surface area (Å²) in [6.07, 6.45) is 0. The summed E-state index contributed by atoms with van der Waals surface area (Å²) >= 11 is 1.23. The number of aryl methyl sites for hydroxylation is 1. The van der Waals surface area contributed by atoms with Crippen LogP contribution in [0, 0.1) is 6.92 Å². The van der Waals surface area contributed by atoms with Crippen LogP contribution in [0.3, 0.4) is 0 Å². The van der Waals surface area contributed by atoms with Crippen molar-refractivity contribution in [1.82, 2.24) is 20.1 Å². The number of carbonyl (C=O) groups is 2. The minimum Gasteiger partial charge on any atom is -0.494 e. The first-order valence-corrected chi connectivity index (χ1v) is 11.3. The van der Waals surface area contributed by atoms with E-state index >= 15 is 0 Å². The molecule has 0 atom stereocenters. The molecule has 0 aliphatic rings. The lowest BCUT2D eigenvalue weighted by Crippen LogP contribution is -2.24. The Bertz CT molecular complexity index is 1070. The number of nitrogens with one attached hydrogen (secondary N) is 1. The van der Waals surface area contributed by atoms with Gasteiger partial charge in [-0.3, -0.25) is 14.2 Å². The van der Waals surface area contributed by atoms with Gasteiger partial charge in [0.15, 0.2) is 11.0 Å². The Morgan fingerprint density at radius 1 is 1.06 bits per heavy atom. The van der Waals surface area contributed by atoms with Gasteiger partial charge in [0.1, 0.15) is 5.75 Å². The first-order valence-electron chi connectivity index (χ1n) is 10.3. The molecule has 0 fully saturated rings. The summed E-state index contributed by atoms with van der Waals surface area (Å²) in [4.78, 5) is 24.4. The maximum atomic E-state index is 12.6. The van der Waals surface area contributed by atoms with Crippen molar-refractivity contribution in [2.75, 3.05) is 19.0 Å². The Morgan fingerprint density at radius 2 is 1.84 bits per heavy atom. The van der Waals surface area contributed by atoms with Crippen molar-refractivity contribution in [3.8, 4) is 11.4 Å². The maximum Gasteiger partial charge on any atom is 0.316 e. The van der Waals surface area contributed by atoms with Crippen molar-refractivity contribution < 1.29 is 19.1 Å². The summed E-state index contributed by atoms with van der Waals surface area (Å²) in [6, 6.07) is 14.8. The first-order chi connectivity index (χ1) is 15.5. The zero-order chi connectivity index (χ0) is 22.9. The van der Waals surface area contributed by atoms with Crippen LogP contribution in [0.4, 0.5) is 0 Å². The van der Waals surface area contributed by atoms with E-state index in [9.17, 15) is 9.59 Å². The van der Waals surface area contributed by atoms with E-state index < -0.39 is 0 Å². The summed E-state index contributed by atoms with van der Waals surface area (Å²) in [5, 5.41) is 11.9. The molecule has 1 heterocycles. The average molecular weight is 455 g/mol. The molecule has 0 saturated heterocycles. The molecule has 1 N–H and O–H groups in total. The highest BCUT2D eigenvalue weighted by Gasteiger charge is 2.17. The van der Waals surface area contributed by atoms with Gasteiger partial charge in [-0.05, 0) is 57.2 Å². The highest BCUT2D eigenvalue weighted by molar-refractivity contribution is 7.99. The molecule has 3 rings (SSSR count). The number of carbonyl (C=O) groups excluding carboxylic acids is 2. The van der Waals surface area contributed by atoms with Gasteiger partial charge in [0.25, 0.3) is 5.91 Å². The fourth-order valence-electron chi connectivity index (χ4n) is 3.00. The molecule has 0 bridgehead atoms. The van der Waals surface area contributed by atoms with E-state index in [4.69, 9.17) is 9.47 Å². The number of esters is 1. The van der Waals surface area contributed by atoms with Gasteiger partial charge in [-0.15, -0.1) is 10.2 Å². The van der Waals surface area contributed by atoms with Crippen molar-refractivity contribution in [2.24, 2.45) is 0 Å². The van der Waals surface area contributed by atoms with Crippen LogP contribution in [-0.4, -0.2) is 45.6 Å². The zero-order valence-electron chi connectivity index (χ0n) is 18.3. The number of hydrogen-bond donors (Lipinski definition) is 1. The van der Waals surface area contributed by atoms with Crippen LogP contribution in [0.5, 0.6) is 5.75 Å². The monoisotopic (exact) mass is 454 g/mol. The number of benzene rings is 2. The molecule has 3 aromatic rings. The van der Waals surface area contributed by atoms with Crippen LogP contribution in [0.15, 0.2) is 53.7 Å². The quantitative estimate of drug-likeness (QED) is 0.370. The van der Waals surface area contributed by atoms with Gasteiger partial charge < -0.3 is 14.8 Å². The Kier molecular flexibility index (Phi) is 8.27. The van der Waals surface area contributed by atoms with E-state index in [0.717, 1.165) is 17.0 Å². The SMILES string of the molecule is CCOC(=O)CSc1nnc(CNC(=O)c2cccc(C)c2)n1-c1ccc(OCC)cc1. The van der Waals surface area contributed by atoms with Crippen LogP contribution in [0.25, 0.3) is 5.69 Å². The van der Waals surface area contributed by atoms with E-state index in [0.29, 0.717) is 29.8 Å². The minimum atomic E-state index is -0.326. The fraction of sp³-hybridized carbons (Fsp3) is 0.304. The molecule has 0 radical (unpaired) electrons. The Labute approximate surface area is 191 Å². The van der Waals surface area contributed by atoms with Crippen LogP contribution >= 0.6 is 11.8 Å². The minimum absolute atomic E-state index is 0.110. The molecular weight excluding hydrogens is 428 g/mol. The van der Waals surface area contributed by atoms with Gasteiger partial charge in [-0.1, -0.05) is 29.5 Å². The second-order valence-electron chi connectivity index (χ2n) is 6.81. The van der Waals surface area contributed by atoms with Gasteiger partial charge in [-0.2, -0.15) is 0 Å². The largest absolute Gasteiger partial charge is 0.494 e. The number of ether oxygens (including phenoxy) is 2. The topological polar surface area (TPSA) is 95.3 Å². The Hall–Kier alpha value is -3.33. The third-order valence-corrected chi connectivity index (χ3v) is 5.32. The van der Waals surface area contributed by atoms with Gasteiger partial charge in [0, 0.05) is 11.3 Å². The molecule has 168 valence electrons. The van der Waals surface area contributed by atoms with E-state index in [1.165, 1.54) is 11.8 Å². The Morgan fingerprint density at radius 3 is 2.53 bits per heavy atom. The Balaban J connectivity index is 1.82. The summed E-state index contributed by atoms with van der Waals surface area (Å²) < 4.78 is 12.3. The third-order valence-electron chi connectivity index (χ3n) is 4.42. The summed E-state index contributed by atoms with van der Waals surface area (Å²) in [5.74, 6) is 0.878. The number of amides is 1. The van der Waals surface area contributed by atoms with Crippen molar-refractivity contribution in [3.63, 3.8) is 0 Å². The third kappa shape index (κ3) is 6.10. The molecule has 0 aliphatic carbocycles. The predicted octanol–water partition coefficient (Wildman–Crippen LogP) is 3.56. The van der Waals surface area contributed by atoms with Crippen molar-refractivity contribution in [1.29, 1.82) is 0 Å². The molecule has 9 heteroatoms. The maximum absolute atomic E-state index is 12.6. The van der Waals surface area contributed by atoms with Gasteiger partial charge in [0.2, 0.25) is 0 Å². The van der Waals surface area contributed by atoms with E-state index in [1.54, 1.807) is 13.0 Å². The van der Waals surface area contributed by atoms with Crippen LogP contribution in [0.2, 0.25) is 0 Å². The second kappa shape index (κ2) is 11.3. The highest BCUT2D eigenvalue weighted by atomic mass is 32.2. The predicted molar refractivity (Wildman–Crippen MR) is 122 cm³/mol. The molecule has 0 saturated carbocycles. The summed E-state index contributed by atoms with van der Waals surface area (Å²) in [5.41, 5.74) is 2.38. The summed E-state index contributed by atoms with van der Waals surface area (Å²) in [6.45, 7) is 6.69. The molecule has 32 heavy (non-hydrogen) atoms. The zero-order valence-corrected chi connectivity index (χ0v) is 19.1. The fourth-order valence-corrected chi connectivity index (χ4v) is 3.77. The van der Waals surface area contributed by atoms with Crippen LogP contribution < -0.4 is 10.1 Å². The van der Waals surface area contributed by atoms with E-state index in [1.807, 2.05) is 60.9 Å². The van der Waals surface area contributed by atoms with Crippen LogP contribution in [0.1, 0.15) is 35.6 Å². The number of thioether (sulfide) groups is 1. The van der Waals surface area contributed by atoms with Crippen molar-refractivity contribution >= 4 is 23.6 Å². The van der Waals surface area contributed by atoms with Crippen molar-refractivity contribution in [3.05, 3.63) is 65.5 Å². The van der Waals surface area contributed by atoms with E-state index in [-0.39, 0.29) is 24.2 Å². The highest BCUT2D eigenvalue weighted by Crippen LogP contribution is 2.24. The van der Waals surface area contributed by atoms with Crippen LogP contribution in [-0.2, 0) is 16.1 Å². The normalized spacial score (nSPS) is 10.6. The molecule has 0 unspecified atom stereocenters. The molecule has 0 spiro atoms. The summed E-state index contributed by atoms with van der Waals surface area (Å²) in [7, 11) is 0. The lowest BCUT2D eigenvalue weighted by Gasteiger charge is -2.12. The smallest absolute Gasteiger partial charge is 0.316 e. The second-order valence-corrected chi connectivity index (χ2v) is 7.75. The van der Waals surface area contributed by atoms with Gasteiger partial charge >= 0.3 is 5.97 Å². The molecule has 1 aromatic heterocycles. The average Bonchev–Trinajstić information content (AvgIpc) is 3.20. The lowest BCUT2D eigenvalue weighted by atomic mass is 10.1. The number of hydrogen-bond acceptors (Lipinski definition) is 7. The van der Waals surface area contributed by atoms with Gasteiger partial charge in [-0.25, -0.2) is 0 Å². The molecule has 8 nitrogen and oxygen atoms in total. The molecule has 2 aromatic carbocycles. The standard InChI is InChI=1S/C23H26N4O4S/c1-4-30-19-11-9-18(10-12-19)27-20(25-26-23(27)32-15-21(28)31-5-2)14-24-22(29)17-8-6-7-16(3)13-17/h6-13H,4-5,14-15H2,1-3H3,(H,24,29). The number of aromatic nitrogens is 3. The molecule has 0 aliphatic heterocycles. The van der Waals surface area contributed by atoms with E-state index in [2.05, 4.69) is 15.5 Å². The molecular formula is C23H26N4O4S. The first kappa shape index (κ1) is 23.3.